The van der Waals surface area contributed by atoms with E-state index >= 15 is 0 Å². The minimum absolute atomic E-state index is 0.0254. The van der Waals surface area contributed by atoms with Gasteiger partial charge in [0.25, 0.3) is 0 Å². The molecule has 2 unspecified atom stereocenters. The highest BCUT2D eigenvalue weighted by atomic mass is 16.2. The normalized spacial score (nSPS) is 22.3. The van der Waals surface area contributed by atoms with Gasteiger partial charge in [0.2, 0.25) is 0 Å². The van der Waals surface area contributed by atoms with Crippen molar-refractivity contribution in [1.82, 2.24) is 10.3 Å². The Balaban J connectivity index is 1.54. The third kappa shape index (κ3) is 2.85. The second-order valence-corrected chi connectivity index (χ2v) is 6.30. The molecular formula is C20H19N3O. The van der Waals surface area contributed by atoms with Gasteiger partial charge in [-0.2, -0.15) is 0 Å². The number of pyridine rings is 1. The third-order valence-corrected chi connectivity index (χ3v) is 4.71. The molecule has 1 saturated carbocycles. The number of hydrogen-bond acceptors (Lipinski definition) is 2. The lowest BCUT2D eigenvalue weighted by atomic mass is 9.91. The van der Waals surface area contributed by atoms with Crippen LogP contribution in [-0.4, -0.2) is 23.1 Å². The van der Waals surface area contributed by atoms with Crippen LogP contribution >= 0.6 is 0 Å². The first-order chi connectivity index (χ1) is 11.8. The maximum Gasteiger partial charge on any atom is 0.323 e. The summed E-state index contributed by atoms with van der Waals surface area (Å²) in [6, 6.07) is 14.2. The molecule has 120 valence electrons. The first-order valence-corrected chi connectivity index (χ1v) is 8.44. The highest BCUT2D eigenvalue weighted by molar-refractivity contribution is 5.94. The molecule has 1 N–H and O–H groups in total. The van der Waals surface area contributed by atoms with Gasteiger partial charge >= 0.3 is 6.03 Å². The molecule has 0 bridgehead atoms. The van der Waals surface area contributed by atoms with Crippen molar-refractivity contribution in [3.05, 3.63) is 59.8 Å². The molecular weight excluding hydrogens is 298 g/mol. The van der Waals surface area contributed by atoms with Crippen LogP contribution in [-0.2, 0) is 0 Å². The predicted molar refractivity (Wildman–Crippen MR) is 93.7 cm³/mol. The Hall–Kier alpha value is -2.80. The zero-order valence-electron chi connectivity index (χ0n) is 13.4. The molecule has 2 fully saturated rings. The number of urea groups is 1. The molecule has 2 aliphatic rings. The molecule has 4 nitrogen and oxygen atoms in total. The lowest BCUT2D eigenvalue weighted by molar-refractivity contribution is 0.250. The fraction of sp³-hybridized carbons (Fsp3) is 0.300. The fourth-order valence-electron chi connectivity index (χ4n) is 3.51. The Morgan fingerprint density at radius 1 is 1.00 bits per heavy atom. The molecule has 1 aromatic heterocycles. The third-order valence-electron chi connectivity index (χ3n) is 4.71. The van der Waals surface area contributed by atoms with Crippen LogP contribution in [0.1, 0.15) is 36.8 Å². The summed E-state index contributed by atoms with van der Waals surface area (Å²) in [7, 11) is 0. The minimum atomic E-state index is -0.0254. The largest absolute Gasteiger partial charge is 0.333 e. The summed E-state index contributed by atoms with van der Waals surface area (Å²) in [6.45, 7) is 0. The quantitative estimate of drug-likeness (QED) is 0.820. The van der Waals surface area contributed by atoms with E-state index in [2.05, 4.69) is 22.1 Å². The van der Waals surface area contributed by atoms with Crippen molar-refractivity contribution in [3.8, 4) is 11.8 Å². The van der Waals surface area contributed by atoms with E-state index < -0.39 is 0 Å². The topological polar surface area (TPSA) is 45.2 Å². The van der Waals surface area contributed by atoms with Crippen LogP contribution < -0.4 is 10.2 Å². The van der Waals surface area contributed by atoms with Crippen LogP contribution in [0.4, 0.5) is 10.6 Å². The number of hydrogen-bond donors (Lipinski definition) is 1. The highest BCUT2D eigenvalue weighted by Crippen LogP contribution is 2.31. The second kappa shape index (κ2) is 6.37. The molecule has 2 atom stereocenters. The Kier molecular flexibility index (Phi) is 3.92. The maximum atomic E-state index is 12.3. The van der Waals surface area contributed by atoms with Gasteiger partial charge in [0.05, 0.1) is 12.1 Å². The van der Waals surface area contributed by atoms with E-state index in [0.717, 1.165) is 24.0 Å². The zero-order valence-corrected chi connectivity index (χ0v) is 13.4. The number of rotatable bonds is 1. The number of carbonyl (C=O) groups excluding carboxylic acids is 1. The summed E-state index contributed by atoms with van der Waals surface area (Å²) in [6.07, 6.45) is 6.22. The van der Waals surface area contributed by atoms with Crippen LogP contribution in [0.5, 0.6) is 0 Å². The molecule has 1 aliphatic heterocycles. The summed E-state index contributed by atoms with van der Waals surface area (Å²) in [4.78, 5) is 18.6. The number of benzene rings is 1. The number of nitrogens with one attached hydrogen (secondary N) is 1. The molecule has 4 heteroatoms. The zero-order chi connectivity index (χ0) is 16.4. The lowest BCUT2D eigenvalue weighted by Crippen LogP contribution is -2.39. The van der Waals surface area contributed by atoms with Crippen molar-refractivity contribution in [3.63, 3.8) is 0 Å². The van der Waals surface area contributed by atoms with Crippen LogP contribution in [0.3, 0.4) is 0 Å². The SMILES string of the molecule is O=C1NC2CCCCC2N1c1ccc(C#Cc2ccccc2)cn1. The van der Waals surface area contributed by atoms with Gasteiger partial charge in [-0.05, 0) is 37.1 Å². The van der Waals surface area contributed by atoms with Gasteiger partial charge in [0.15, 0.2) is 0 Å². The summed E-state index contributed by atoms with van der Waals surface area (Å²) in [5.74, 6) is 6.95. The van der Waals surface area contributed by atoms with Crippen LogP contribution in [0, 0.1) is 11.8 Å². The van der Waals surface area contributed by atoms with Gasteiger partial charge in [-0.1, -0.05) is 42.9 Å². The molecule has 1 aromatic carbocycles. The fourth-order valence-corrected chi connectivity index (χ4v) is 3.51. The van der Waals surface area contributed by atoms with Crippen molar-refractivity contribution in [2.45, 2.75) is 37.8 Å². The van der Waals surface area contributed by atoms with E-state index in [-0.39, 0.29) is 18.1 Å². The summed E-state index contributed by atoms with van der Waals surface area (Å²) >= 11 is 0. The van der Waals surface area contributed by atoms with Gasteiger partial charge < -0.3 is 5.32 Å². The van der Waals surface area contributed by atoms with E-state index in [4.69, 9.17) is 0 Å². The van der Waals surface area contributed by atoms with Crippen molar-refractivity contribution < 1.29 is 4.79 Å². The molecule has 0 spiro atoms. The molecule has 1 saturated heterocycles. The van der Waals surface area contributed by atoms with Gasteiger partial charge in [-0.25, -0.2) is 9.78 Å². The van der Waals surface area contributed by atoms with Crippen molar-refractivity contribution >= 4 is 11.8 Å². The van der Waals surface area contributed by atoms with Crippen molar-refractivity contribution in [2.24, 2.45) is 0 Å². The van der Waals surface area contributed by atoms with Crippen LogP contribution in [0.15, 0.2) is 48.7 Å². The average molecular weight is 317 g/mol. The van der Waals surface area contributed by atoms with E-state index in [1.807, 2.05) is 47.4 Å². The first-order valence-electron chi connectivity index (χ1n) is 8.44. The second-order valence-electron chi connectivity index (χ2n) is 6.30. The van der Waals surface area contributed by atoms with E-state index in [1.54, 1.807) is 6.20 Å². The molecule has 1 aliphatic carbocycles. The first kappa shape index (κ1) is 14.8. The predicted octanol–water partition coefficient (Wildman–Crippen LogP) is 3.32. The summed E-state index contributed by atoms with van der Waals surface area (Å²) in [5, 5.41) is 3.08. The molecule has 2 heterocycles. The molecule has 2 amide bonds. The Morgan fingerprint density at radius 3 is 2.58 bits per heavy atom. The Bertz CT molecular complexity index is 789. The van der Waals surface area contributed by atoms with Crippen molar-refractivity contribution in [2.75, 3.05) is 4.90 Å². The van der Waals surface area contributed by atoms with Gasteiger partial charge in [0.1, 0.15) is 5.82 Å². The summed E-state index contributed by atoms with van der Waals surface area (Å²) < 4.78 is 0. The Morgan fingerprint density at radius 2 is 1.79 bits per heavy atom. The van der Waals surface area contributed by atoms with Gasteiger partial charge in [-0.15, -0.1) is 0 Å². The van der Waals surface area contributed by atoms with Gasteiger partial charge in [-0.3, -0.25) is 4.90 Å². The monoisotopic (exact) mass is 317 g/mol. The number of carbonyl (C=O) groups is 1. The number of aromatic nitrogens is 1. The van der Waals surface area contributed by atoms with Crippen LogP contribution in [0.25, 0.3) is 0 Å². The summed E-state index contributed by atoms with van der Waals surface area (Å²) in [5.41, 5.74) is 1.83. The number of amides is 2. The Labute approximate surface area is 141 Å². The lowest BCUT2D eigenvalue weighted by Gasteiger charge is -2.29. The van der Waals surface area contributed by atoms with Crippen LogP contribution in [0.2, 0.25) is 0 Å². The smallest absolute Gasteiger partial charge is 0.323 e. The van der Waals surface area contributed by atoms with E-state index in [9.17, 15) is 4.79 Å². The number of fused-ring (bicyclic) bond motifs is 1. The molecule has 4 rings (SSSR count). The standard InChI is InChI=1S/C20H19N3O/c24-20-22-17-8-4-5-9-18(17)23(20)19-13-12-16(14-21-19)11-10-15-6-2-1-3-7-15/h1-3,6-7,12-14,17-18H,4-5,8-9H2,(H,22,24). The van der Waals surface area contributed by atoms with E-state index in [0.29, 0.717) is 5.82 Å². The average Bonchev–Trinajstić information content (AvgIpc) is 2.97. The van der Waals surface area contributed by atoms with Crippen molar-refractivity contribution in [1.29, 1.82) is 0 Å². The molecule has 0 radical (unpaired) electrons. The number of anilines is 1. The maximum absolute atomic E-state index is 12.3. The van der Waals surface area contributed by atoms with E-state index in [1.165, 1.54) is 12.8 Å². The van der Waals surface area contributed by atoms with Gasteiger partial charge in [0, 0.05) is 17.3 Å². The molecule has 24 heavy (non-hydrogen) atoms. The minimum Gasteiger partial charge on any atom is -0.333 e. The molecule has 2 aromatic rings. The highest BCUT2D eigenvalue weighted by Gasteiger charge is 2.41. The number of nitrogens with zero attached hydrogens (tertiary/aromatic N) is 2.